The maximum absolute atomic E-state index is 12.1. The first-order chi connectivity index (χ1) is 9.17. The van der Waals surface area contributed by atoms with Crippen LogP contribution in [0.25, 0.3) is 0 Å². The fraction of sp³-hybridized carbons (Fsp3) is 0.214. The molecule has 0 fully saturated rings. The number of amides is 1. The third-order valence-corrected chi connectivity index (χ3v) is 2.87. The summed E-state index contributed by atoms with van der Waals surface area (Å²) in [7, 11) is 0. The van der Waals surface area contributed by atoms with Crippen LogP contribution in [0.1, 0.15) is 34.1 Å². The Morgan fingerprint density at radius 3 is 2.84 bits per heavy atom. The van der Waals surface area contributed by atoms with Crippen LogP contribution in [0, 0.1) is 18.3 Å². The zero-order chi connectivity index (χ0) is 13.8. The molecule has 1 amide bonds. The van der Waals surface area contributed by atoms with Gasteiger partial charge in [-0.1, -0.05) is 24.2 Å². The molecule has 2 aromatic rings. The number of anilines is 1. The van der Waals surface area contributed by atoms with Crippen LogP contribution in [0.5, 0.6) is 0 Å². The molecule has 0 aliphatic heterocycles. The van der Waals surface area contributed by atoms with Crippen LogP contribution < -0.4 is 5.32 Å². The maximum Gasteiger partial charge on any atom is 0.259 e. The molecule has 5 heteroatoms. The number of rotatable bonds is 3. The maximum atomic E-state index is 12.1. The molecule has 2 rings (SSSR count). The minimum absolute atomic E-state index is 0.318. The topological polar surface area (TPSA) is 78.9 Å². The van der Waals surface area contributed by atoms with E-state index < -0.39 is 0 Å². The Hall–Kier alpha value is -2.61. The molecule has 96 valence electrons. The van der Waals surface area contributed by atoms with E-state index in [-0.39, 0.29) is 5.91 Å². The lowest BCUT2D eigenvalue weighted by Crippen LogP contribution is -2.13. The Bertz CT molecular complexity index is 653. The first-order valence-corrected chi connectivity index (χ1v) is 5.93. The number of nitriles is 1. The molecule has 0 bridgehead atoms. The minimum atomic E-state index is -0.376. The first-order valence-electron chi connectivity index (χ1n) is 5.93. The second-order valence-electron chi connectivity index (χ2n) is 4.05. The SMILES string of the molecule is CCc1noc(NC(=O)c2ccccc2C#N)c1C. The van der Waals surface area contributed by atoms with Crippen molar-refractivity contribution in [2.75, 3.05) is 5.32 Å². The van der Waals surface area contributed by atoms with Gasteiger partial charge in [0.25, 0.3) is 5.91 Å². The molecule has 0 unspecified atom stereocenters. The van der Waals surface area contributed by atoms with Gasteiger partial charge in [-0.15, -0.1) is 0 Å². The van der Waals surface area contributed by atoms with E-state index >= 15 is 0 Å². The molecule has 0 aliphatic rings. The van der Waals surface area contributed by atoms with Gasteiger partial charge >= 0.3 is 0 Å². The van der Waals surface area contributed by atoms with Crippen LogP contribution in [0.3, 0.4) is 0 Å². The molecule has 0 spiro atoms. The van der Waals surface area contributed by atoms with Crippen molar-refractivity contribution in [1.82, 2.24) is 5.16 Å². The zero-order valence-electron chi connectivity index (χ0n) is 10.7. The van der Waals surface area contributed by atoms with Gasteiger partial charge in [0.05, 0.1) is 22.9 Å². The summed E-state index contributed by atoms with van der Waals surface area (Å²) in [6.07, 6.45) is 0.736. The molecular formula is C14H13N3O2. The summed E-state index contributed by atoms with van der Waals surface area (Å²) in [6.45, 7) is 3.79. The summed E-state index contributed by atoms with van der Waals surface area (Å²) >= 11 is 0. The molecule has 0 saturated carbocycles. The van der Waals surface area contributed by atoms with Crippen LogP contribution >= 0.6 is 0 Å². The Morgan fingerprint density at radius 2 is 2.21 bits per heavy atom. The molecule has 0 atom stereocenters. The van der Waals surface area contributed by atoms with Crippen LogP contribution in [-0.4, -0.2) is 11.1 Å². The van der Waals surface area contributed by atoms with Gasteiger partial charge < -0.3 is 4.52 Å². The van der Waals surface area contributed by atoms with Crippen molar-refractivity contribution in [3.05, 3.63) is 46.6 Å². The van der Waals surface area contributed by atoms with Gasteiger partial charge in [-0.3, -0.25) is 10.1 Å². The third-order valence-electron chi connectivity index (χ3n) is 2.87. The molecule has 0 saturated heterocycles. The molecule has 5 nitrogen and oxygen atoms in total. The lowest BCUT2D eigenvalue weighted by atomic mass is 10.1. The second kappa shape index (κ2) is 5.36. The molecule has 1 N–H and O–H groups in total. The highest BCUT2D eigenvalue weighted by Gasteiger charge is 2.16. The van der Waals surface area contributed by atoms with Crippen LogP contribution in [-0.2, 0) is 6.42 Å². The highest BCUT2D eigenvalue weighted by molar-refractivity contribution is 6.05. The first kappa shape index (κ1) is 12.8. The lowest BCUT2D eigenvalue weighted by Gasteiger charge is -2.03. The average molecular weight is 255 g/mol. The molecule has 1 aromatic heterocycles. The molecule has 1 aromatic carbocycles. The normalized spacial score (nSPS) is 9.95. The van der Waals surface area contributed by atoms with E-state index in [0.29, 0.717) is 17.0 Å². The second-order valence-corrected chi connectivity index (χ2v) is 4.05. The molecule has 1 heterocycles. The summed E-state index contributed by atoms with van der Waals surface area (Å²) in [5.41, 5.74) is 2.26. The number of aromatic nitrogens is 1. The van der Waals surface area contributed by atoms with Gasteiger partial charge in [-0.05, 0) is 25.5 Å². The van der Waals surface area contributed by atoms with E-state index in [1.807, 2.05) is 19.9 Å². The molecule has 0 radical (unpaired) electrons. The standard InChI is InChI=1S/C14H13N3O2/c1-3-12-9(2)14(19-17-12)16-13(18)11-7-5-4-6-10(11)8-15/h4-7H,3H2,1-2H3,(H,16,18). The highest BCUT2D eigenvalue weighted by atomic mass is 16.5. The summed E-state index contributed by atoms with van der Waals surface area (Å²) in [6, 6.07) is 8.60. The van der Waals surface area contributed by atoms with Crippen molar-refractivity contribution < 1.29 is 9.32 Å². The van der Waals surface area contributed by atoms with Crippen molar-refractivity contribution >= 4 is 11.8 Å². The van der Waals surface area contributed by atoms with Crippen molar-refractivity contribution in [3.63, 3.8) is 0 Å². The van der Waals surface area contributed by atoms with Gasteiger partial charge in [0.15, 0.2) is 0 Å². The summed E-state index contributed by atoms with van der Waals surface area (Å²) in [5.74, 6) is -0.0476. The highest BCUT2D eigenvalue weighted by Crippen LogP contribution is 2.20. The van der Waals surface area contributed by atoms with E-state index in [2.05, 4.69) is 10.5 Å². The number of hydrogen-bond acceptors (Lipinski definition) is 4. The molecular weight excluding hydrogens is 242 g/mol. The van der Waals surface area contributed by atoms with Crippen molar-refractivity contribution in [3.8, 4) is 6.07 Å². The van der Waals surface area contributed by atoms with Gasteiger partial charge in [0.1, 0.15) is 0 Å². The fourth-order valence-electron chi connectivity index (χ4n) is 1.76. The summed E-state index contributed by atoms with van der Waals surface area (Å²) < 4.78 is 5.09. The number of benzene rings is 1. The van der Waals surface area contributed by atoms with Crippen molar-refractivity contribution in [2.45, 2.75) is 20.3 Å². The van der Waals surface area contributed by atoms with Crippen LogP contribution in [0.4, 0.5) is 5.88 Å². The molecule has 19 heavy (non-hydrogen) atoms. The molecule has 0 aliphatic carbocycles. The Labute approximate surface area is 110 Å². The third kappa shape index (κ3) is 2.47. The van der Waals surface area contributed by atoms with E-state index in [0.717, 1.165) is 17.7 Å². The largest absolute Gasteiger partial charge is 0.338 e. The number of nitrogens with zero attached hydrogens (tertiary/aromatic N) is 2. The lowest BCUT2D eigenvalue weighted by molar-refractivity contribution is 0.102. The van der Waals surface area contributed by atoms with Gasteiger partial charge in [-0.2, -0.15) is 5.26 Å². The van der Waals surface area contributed by atoms with Gasteiger partial charge in [-0.25, -0.2) is 0 Å². The van der Waals surface area contributed by atoms with Crippen molar-refractivity contribution in [1.29, 1.82) is 5.26 Å². The zero-order valence-corrected chi connectivity index (χ0v) is 10.7. The van der Waals surface area contributed by atoms with E-state index in [1.165, 1.54) is 0 Å². The number of nitrogens with one attached hydrogen (secondary N) is 1. The Balaban J connectivity index is 2.26. The smallest absolute Gasteiger partial charge is 0.259 e. The number of aryl methyl sites for hydroxylation is 1. The van der Waals surface area contributed by atoms with Crippen LogP contribution in [0.15, 0.2) is 28.8 Å². The Kier molecular flexibility index (Phi) is 3.62. The average Bonchev–Trinajstić information content (AvgIpc) is 2.79. The number of hydrogen-bond donors (Lipinski definition) is 1. The van der Waals surface area contributed by atoms with E-state index in [1.54, 1.807) is 24.3 Å². The monoisotopic (exact) mass is 255 g/mol. The predicted octanol–water partition coefficient (Wildman–Crippen LogP) is 2.67. The predicted molar refractivity (Wildman–Crippen MR) is 69.7 cm³/mol. The number of carbonyl (C=O) groups is 1. The van der Waals surface area contributed by atoms with E-state index in [9.17, 15) is 4.79 Å². The van der Waals surface area contributed by atoms with Gasteiger partial charge in [0.2, 0.25) is 5.88 Å². The van der Waals surface area contributed by atoms with Gasteiger partial charge in [0, 0.05) is 5.56 Å². The minimum Gasteiger partial charge on any atom is -0.338 e. The Morgan fingerprint density at radius 1 is 1.47 bits per heavy atom. The van der Waals surface area contributed by atoms with Crippen LogP contribution in [0.2, 0.25) is 0 Å². The van der Waals surface area contributed by atoms with E-state index in [4.69, 9.17) is 9.78 Å². The number of carbonyl (C=O) groups excluding carboxylic acids is 1. The summed E-state index contributed by atoms with van der Waals surface area (Å²) in [4.78, 5) is 12.1. The van der Waals surface area contributed by atoms with Crippen molar-refractivity contribution in [2.24, 2.45) is 0 Å². The quantitative estimate of drug-likeness (QED) is 0.914. The fourth-order valence-corrected chi connectivity index (χ4v) is 1.76. The summed E-state index contributed by atoms with van der Waals surface area (Å²) in [5, 5.41) is 15.5.